The number of likely N-dealkylation sites (N-methyl/N-ethyl adjacent to an activating group) is 1. The van der Waals surface area contributed by atoms with Gasteiger partial charge in [-0.05, 0) is 34.7 Å². The van der Waals surface area contributed by atoms with Crippen molar-refractivity contribution in [2.24, 2.45) is 0 Å². The summed E-state index contributed by atoms with van der Waals surface area (Å²) in [6.07, 6.45) is 0. The first-order valence-electron chi connectivity index (χ1n) is 4.52. The molecule has 0 aliphatic carbocycles. The van der Waals surface area contributed by atoms with Gasteiger partial charge in [-0.25, -0.2) is 0 Å². The van der Waals surface area contributed by atoms with Crippen LogP contribution in [0.1, 0.15) is 27.7 Å². The first-order chi connectivity index (χ1) is 5.04. The van der Waals surface area contributed by atoms with E-state index in [0.717, 1.165) is 0 Å². The highest BCUT2D eigenvalue weighted by Gasteiger charge is 2.30. The third-order valence-corrected chi connectivity index (χ3v) is 3.26. The van der Waals surface area contributed by atoms with Gasteiger partial charge in [0.1, 0.15) is 0 Å². The summed E-state index contributed by atoms with van der Waals surface area (Å²) in [4.78, 5) is 2.45. The predicted octanol–water partition coefficient (Wildman–Crippen LogP) is 1.08. The summed E-state index contributed by atoms with van der Waals surface area (Å²) in [5.41, 5.74) is 0. The zero-order valence-corrected chi connectivity index (χ0v) is 8.26. The van der Waals surface area contributed by atoms with Crippen LogP contribution in [0, 0.1) is 0 Å². The van der Waals surface area contributed by atoms with E-state index in [9.17, 15) is 0 Å². The highest BCUT2D eigenvalue weighted by atomic mass is 15.2. The Labute approximate surface area is 70.0 Å². The van der Waals surface area contributed by atoms with Crippen LogP contribution in [0.2, 0.25) is 0 Å². The third-order valence-electron chi connectivity index (χ3n) is 3.26. The molecule has 4 atom stereocenters. The Kier molecular flexibility index (Phi) is 2.55. The largest absolute Gasteiger partial charge is 0.309 e. The minimum Gasteiger partial charge on any atom is -0.309 e. The monoisotopic (exact) mass is 156 g/mol. The zero-order chi connectivity index (χ0) is 8.59. The number of nitrogens with zero attached hydrogens (tertiary/aromatic N) is 1. The van der Waals surface area contributed by atoms with Gasteiger partial charge >= 0.3 is 0 Å². The Hall–Kier alpha value is -0.0800. The molecule has 1 N–H and O–H groups in total. The molecular weight excluding hydrogens is 136 g/mol. The first-order valence-corrected chi connectivity index (χ1v) is 4.52. The maximum atomic E-state index is 3.57. The van der Waals surface area contributed by atoms with E-state index in [4.69, 9.17) is 0 Å². The molecule has 0 radical (unpaired) electrons. The molecule has 0 spiro atoms. The van der Waals surface area contributed by atoms with E-state index in [1.54, 1.807) is 0 Å². The lowest BCUT2D eigenvalue weighted by atomic mass is 9.99. The van der Waals surface area contributed by atoms with Crippen LogP contribution in [0.5, 0.6) is 0 Å². The van der Waals surface area contributed by atoms with Gasteiger partial charge in [-0.3, -0.25) is 4.90 Å². The summed E-state index contributed by atoms with van der Waals surface area (Å²) in [5.74, 6) is 0. The molecule has 0 aromatic carbocycles. The molecule has 0 aromatic heterocycles. The van der Waals surface area contributed by atoms with Crippen LogP contribution in [-0.2, 0) is 0 Å². The summed E-state index contributed by atoms with van der Waals surface area (Å²) in [6.45, 7) is 9.06. The van der Waals surface area contributed by atoms with Crippen LogP contribution in [-0.4, -0.2) is 36.1 Å². The molecule has 1 aliphatic rings. The second-order valence-corrected chi connectivity index (χ2v) is 3.89. The highest BCUT2D eigenvalue weighted by molar-refractivity contribution is 4.91. The van der Waals surface area contributed by atoms with Crippen molar-refractivity contribution < 1.29 is 0 Å². The van der Waals surface area contributed by atoms with Crippen molar-refractivity contribution in [2.45, 2.75) is 51.9 Å². The van der Waals surface area contributed by atoms with Crippen LogP contribution >= 0.6 is 0 Å². The standard InChI is InChI=1S/C9H20N2/c1-6-8(3)11(5)9(4)7(2)10-6/h6-10H,1-5H3. The Morgan fingerprint density at radius 3 is 1.64 bits per heavy atom. The van der Waals surface area contributed by atoms with E-state index in [1.165, 1.54) is 0 Å². The average Bonchev–Trinajstić information content (AvgIpc) is 1.97. The quantitative estimate of drug-likeness (QED) is 0.564. The van der Waals surface area contributed by atoms with Gasteiger partial charge in [-0.2, -0.15) is 0 Å². The molecule has 4 unspecified atom stereocenters. The van der Waals surface area contributed by atoms with Crippen molar-refractivity contribution in [2.75, 3.05) is 7.05 Å². The molecule has 11 heavy (non-hydrogen) atoms. The van der Waals surface area contributed by atoms with Gasteiger partial charge < -0.3 is 5.32 Å². The van der Waals surface area contributed by atoms with Crippen LogP contribution in [0.25, 0.3) is 0 Å². The summed E-state index contributed by atoms with van der Waals surface area (Å²) >= 11 is 0. The summed E-state index contributed by atoms with van der Waals surface area (Å²) < 4.78 is 0. The second kappa shape index (κ2) is 3.11. The predicted molar refractivity (Wildman–Crippen MR) is 48.7 cm³/mol. The fraction of sp³-hybridized carbons (Fsp3) is 1.00. The lowest BCUT2D eigenvalue weighted by Gasteiger charge is -2.44. The van der Waals surface area contributed by atoms with Crippen molar-refractivity contribution >= 4 is 0 Å². The topological polar surface area (TPSA) is 15.3 Å². The zero-order valence-electron chi connectivity index (χ0n) is 8.26. The number of piperazine rings is 1. The fourth-order valence-electron chi connectivity index (χ4n) is 1.77. The van der Waals surface area contributed by atoms with E-state index in [-0.39, 0.29) is 0 Å². The Bertz CT molecular complexity index is 122. The normalized spacial score (nSPS) is 47.7. The van der Waals surface area contributed by atoms with Gasteiger partial charge in [0.15, 0.2) is 0 Å². The van der Waals surface area contributed by atoms with Gasteiger partial charge in [0.25, 0.3) is 0 Å². The maximum absolute atomic E-state index is 3.57. The molecule has 1 aliphatic heterocycles. The van der Waals surface area contributed by atoms with Crippen molar-refractivity contribution in [3.63, 3.8) is 0 Å². The van der Waals surface area contributed by atoms with Crippen molar-refractivity contribution in [3.05, 3.63) is 0 Å². The number of nitrogens with one attached hydrogen (secondary N) is 1. The smallest absolute Gasteiger partial charge is 0.0218 e. The highest BCUT2D eigenvalue weighted by Crippen LogP contribution is 2.15. The SMILES string of the molecule is CC1NC(C)C(C)N(C)C1C. The van der Waals surface area contributed by atoms with Crippen LogP contribution < -0.4 is 5.32 Å². The van der Waals surface area contributed by atoms with Crippen LogP contribution in [0.4, 0.5) is 0 Å². The molecule has 66 valence electrons. The van der Waals surface area contributed by atoms with Gasteiger partial charge in [0, 0.05) is 24.2 Å². The molecule has 2 nitrogen and oxygen atoms in total. The third kappa shape index (κ3) is 1.57. The molecule has 0 saturated carbocycles. The lowest BCUT2D eigenvalue weighted by molar-refractivity contribution is 0.0856. The van der Waals surface area contributed by atoms with Crippen molar-refractivity contribution in [1.29, 1.82) is 0 Å². The molecule has 1 heterocycles. The molecule has 0 bridgehead atoms. The molecule has 1 saturated heterocycles. The Morgan fingerprint density at radius 2 is 1.27 bits per heavy atom. The van der Waals surface area contributed by atoms with E-state index in [2.05, 4.69) is 45.0 Å². The van der Waals surface area contributed by atoms with Crippen LogP contribution in [0.15, 0.2) is 0 Å². The molecule has 1 fully saturated rings. The average molecular weight is 156 g/mol. The number of hydrogen-bond donors (Lipinski definition) is 1. The van der Waals surface area contributed by atoms with Gasteiger partial charge in [0.05, 0.1) is 0 Å². The van der Waals surface area contributed by atoms with Gasteiger partial charge in [-0.1, -0.05) is 0 Å². The van der Waals surface area contributed by atoms with E-state index in [0.29, 0.717) is 24.2 Å². The molecule has 0 amide bonds. The molecule has 2 heteroatoms. The number of hydrogen-bond acceptors (Lipinski definition) is 2. The Morgan fingerprint density at radius 1 is 0.909 bits per heavy atom. The molecule has 0 aromatic rings. The van der Waals surface area contributed by atoms with Crippen molar-refractivity contribution in [1.82, 2.24) is 10.2 Å². The minimum absolute atomic E-state index is 0.617. The maximum Gasteiger partial charge on any atom is 0.0218 e. The molecular formula is C9H20N2. The van der Waals surface area contributed by atoms with E-state index >= 15 is 0 Å². The second-order valence-electron chi connectivity index (χ2n) is 3.89. The van der Waals surface area contributed by atoms with Crippen LogP contribution in [0.3, 0.4) is 0 Å². The lowest BCUT2D eigenvalue weighted by Crippen LogP contribution is -2.62. The molecule has 1 rings (SSSR count). The fourth-order valence-corrected chi connectivity index (χ4v) is 1.77. The summed E-state index contributed by atoms with van der Waals surface area (Å²) in [7, 11) is 2.21. The summed E-state index contributed by atoms with van der Waals surface area (Å²) in [6, 6.07) is 2.54. The van der Waals surface area contributed by atoms with Gasteiger partial charge in [-0.15, -0.1) is 0 Å². The van der Waals surface area contributed by atoms with E-state index in [1.807, 2.05) is 0 Å². The van der Waals surface area contributed by atoms with Gasteiger partial charge in [0.2, 0.25) is 0 Å². The van der Waals surface area contributed by atoms with Crippen molar-refractivity contribution in [3.8, 4) is 0 Å². The number of rotatable bonds is 0. The Balaban J connectivity index is 2.63. The summed E-state index contributed by atoms with van der Waals surface area (Å²) in [5, 5.41) is 3.57. The first kappa shape index (κ1) is 9.01. The minimum atomic E-state index is 0.617. The van der Waals surface area contributed by atoms with E-state index < -0.39 is 0 Å².